The molecule has 1 aromatic carbocycles. The van der Waals surface area contributed by atoms with Crippen LogP contribution in [0.3, 0.4) is 0 Å². The van der Waals surface area contributed by atoms with Crippen LogP contribution in [-0.2, 0) is 4.79 Å². The van der Waals surface area contributed by atoms with Gasteiger partial charge in [0.15, 0.2) is 0 Å². The van der Waals surface area contributed by atoms with E-state index in [-0.39, 0.29) is 5.92 Å². The van der Waals surface area contributed by atoms with Crippen molar-refractivity contribution in [1.82, 2.24) is 10.1 Å². The van der Waals surface area contributed by atoms with Crippen LogP contribution in [-0.4, -0.2) is 22.7 Å². The fraction of sp³-hybridized carbons (Fsp3) is 0.308. The minimum Gasteiger partial charge on any atom is -0.339 e. The highest BCUT2D eigenvalue weighted by Gasteiger charge is 2.43. The maximum Gasteiger partial charge on any atom is 0.233 e. The topological polar surface area (TPSA) is 68.0 Å². The number of nitrogens with zero attached hydrogens (tertiary/aromatic N) is 2. The maximum absolute atomic E-state index is 12.9. The predicted octanol–water partition coefficient (Wildman–Crippen LogP) is 2.44. The third kappa shape index (κ3) is 2.21. The molecule has 1 aliphatic rings. The molecule has 1 heterocycles. The monoisotopic (exact) mass is 261 g/mol. The Bertz CT molecular complexity index is 626. The fourth-order valence-corrected chi connectivity index (χ4v) is 1.90. The first kappa shape index (κ1) is 11.8. The second-order valence-electron chi connectivity index (χ2n) is 4.61. The van der Waals surface area contributed by atoms with Gasteiger partial charge < -0.3 is 9.84 Å². The average molecular weight is 261 g/mol. The average Bonchev–Trinajstić information content (AvgIpc) is 2.93. The van der Waals surface area contributed by atoms with Crippen molar-refractivity contribution in [1.29, 1.82) is 0 Å². The van der Waals surface area contributed by atoms with E-state index < -0.39 is 6.17 Å². The Morgan fingerprint density at radius 3 is 3.00 bits per heavy atom. The number of hydrogen-bond donors (Lipinski definition) is 1. The lowest BCUT2D eigenvalue weighted by atomic mass is 10.1. The molecule has 1 fully saturated rings. The highest BCUT2D eigenvalue weighted by atomic mass is 19.1. The van der Waals surface area contributed by atoms with E-state index in [0.717, 1.165) is 11.1 Å². The van der Waals surface area contributed by atoms with Crippen LogP contribution in [0.1, 0.15) is 23.8 Å². The van der Waals surface area contributed by atoms with E-state index in [2.05, 4.69) is 15.5 Å². The van der Waals surface area contributed by atoms with Crippen LogP contribution >= 0.6 is 0 Å². The number of alkyl halides is 1. The number of aromatic nitrogens is 2. The third-order valence-electron chi connectivity index (χ3n) is 3.18. The second-order valence-corrected chi connectivity index (χ2v) is 4.61. The normalized spacial score (nSPS) is 21.2. The standard InChI is InChI=1S/C13H12FN3O2/c1-7-2-3-8(4-11(7)15-6-18)12-16-13(19-17-12)9-5-10(9)14/h2-4,6,9-10H,5H2,1H3,(H,15,18). The van der Waals surface area contributed by atoms with E-state index in [9.17, 15) is 9.18 Å². The largest absolute Gasteiger partial charge is 0.339 e. The van der Waals surface area contributed by atoms with E-state index >= 15 is 0 Å². The second kappa shape index (κ2) is 4.46. The Labute approximate surface area is 108 Å². The van der Waals surface area contributed by atoms with E-state index in [1.165, 1.54) is 0 Å². The molecule has 0 bridgehead atoms. The molecule has 0 radical (unpaired) electrons. The number of aryl methyl sites for hydroxylation is 1. The summed E-state index contributed by atoms with van der Waals surface area (Å²) in [5, 5.41) is 6.45. The highest BCUT2D eigenvalue weighted by molar-refractivity contribution is 5.76. The molecule has 1 aromatic heterocycles. The van der Waals surface area contributed by atoms with E-state index in [0.29, 0.717) is 30.2 Å². The van der Waals surface area contributed by atoms with Crippen molar-refractivity contribution in [2.45, 2.75) is 25.4 Å². The van der Waals surface area contributed by atoms with Crippen LogP contribution in [0.25, 0.3) is 11.4 Å². The summed E-state index contributed by atoms with van der Waals surface area (Å²) in [6.45, 7) is 1.88. The Morgan fingerprint density at radius 2 is 2.32 bits per heavy atom. The van der Waals surface area contributed by atoms with Gasteiger partial charge in [-0.2, -0.15) is 4.98 Å². The number of carbonyl (C=O) groups excluding carboxylic acids is 1. The van der Waals surface area contributed by atoms with Gasteiger partial charge in [0.2, 0.25) is 18.1 Å². The quantitative estimate of drug-likeness (QED) is 0.858. The molecule has 1 N–H and O–H groups in total. The van der Waals surface area contributed by atoms with Gasteiger partial charge in [-0.05, 0) is 25.0 Å². The number of rotatable bonds is 4. The van der Waals surface area contributed by atoms with Crippen molar-refractivity contribution in [3.05, 3.63) is 29.7 Å². The number of hydrogen-bond acceptors (Lipinski definition) is 4. The molecule has 1 aliphatic carbocycles. The van der Waals surface area contributed by atoms with Gasteiger partial charge >= 0.3 is 0 Å². The minimum absolute atomic E-state index is 0.251. The van der Waals surface area contributed by atoms with Crippen LogP contribution in [0, 0.1) is 6.92 Å². The number of nitrogens with one attached hydrogen (secondary N) is 1. The van der Waals surface area contributed by atoms with Crippen LogP contribution in [0.5, 0.6) is 0 Å². The molecule has 3 rings (SSSR count). The lowest BCUT2D eigenvalue weighted by Gasteiger charge is -2.04. The number of halogens is 1. The molecule has 0 aliphatic heterocycles. The lowest BCUT2D eigenvalue weighted by molar-refractivity contribution is -0.105. The van der Waals surface area contributed by atoms with Crippen LogP contribution in [0.4, 0.5) is 10.1 Å². The molecule has 5 nitrogen and oxygen atoms in total. The lowest BCUT2D eigenvalue weighted by Crippen LogP contribution is -1.96. The van der Waals surface area contributed by atoms with Crippen LogP contribution in [0.15, 0.2) is 22.7 Å². The summed E-state index contributed by atoms with van der Waals surface area (Å²) in [5.74, 6) is 0.496. The van der Waals surface area contributed by atoms with Gasteiger partial charge in [0.25, 0.3) is 0 Å². The zero-order chi connectivity index (χ0) is 13.4. The first-order valence-corrected chi connectivity index (χ1v) is 5.98. The number of carbonyl (C=O) groups is 1. The Hall–Kier alpha value is -2.24. The summed E-state index contributed by atoms with van der Waals surface area (Å²) in [6, 6.07) is 5.45. The molecule has 98 valence electrons. The third-order valence-corrected chi connectivity index (χ3v) is 3.18. The molecule has 2 atom stereocenters. The molecule has 1 amide bonds. The van der Waals surface area contributed by atoms with Crippen molar-refractivity contribution in [3.63, 3.8) is 0 Å². The summed E-state index contributed by atoms with van der Waals surface area (Å²) >= 11 is 0. The van der Waals surface area contributed by atoms with E-state index in [1.54, 1.807) is 6.07 Å². The first-order valence-electron chi connectivity index (χ1n) is 5.98. The summed E-state index contributed by atoms with van der Waals surface area (Å²) in [7, 11) is 0. The molecular formula is C13H12FN3O2. The molecule has 2 unspecified atom stereocenters. The smallest absolute Gasteiger partial charge is 0.233 e. The van der Waals surface area contributed by atoms with Gasteiger partial charge in [-0.3, -0.25) is 4.79 Å². The molecule has 2 aromatic rings. The van der Waals surface area contributed by atoms with E-state index in [1.807, 2.05) is 19.1 Å². The van der Waals surface area contributed by atoms with Gasteiger partial charge in [0.1, 0.15) is 6.17 Å². The van der Waals surface area contributed by atoms with E-state index in [4.69, 9.17) is 4.52 Å². The van der Waals surface area contributed by atoms with Gasteiger partial charge in [-0.25, -0.2) is 4.39 Å². The SMILES string of the molecule is Cc1ccc(-c2noc(C3CC3F)n2)cc1NC=O. The van der Waals surface area contributed by atoms with Crippen molar-refractivity contribution in [2.75, 3.05) is 5.32 Å². The van der Waals surface area contributed by atoms with Crippen molar-refractivity contribution in [2.24, 2.45) is 0 Å². The Morgan fingerprint density at radius 1 is 1.53 bits per heavy atom. The van der Waals surface area contributed by atoms with Crippen molar-refractivity contribution >= 4 is 12.1 Å². The summed E-state index contributed by atoms with van der Waals surface area (Å²) in [5.41, 5.74) is 2.35. The molecule has 6 heteroatoms. The molecule has 0 spiro atoms. The zero-order valence-corrected chi connectivity index (χ0v) is 10.3. The summed E-state index contributed by atoms with van der Waals surface area (Å²) in [4.78, 5) is 14.7. The van der Waals surface area contributed by atoms with Crippen molar-refractivity contribution < 1.29 is 13.7 Å². The van der Waals surface area contributed by atoms with Gasteiger partial charge in [0, 0.05) is 11.3 Å². The molecule has 1 saturated carbocycles. The van der Waals surface area contributed by atoms with Crippen molar-refractivity contribution in [3.8, 4) is 11.4 Å². The van der Waals surface area contributed by atoms with Gasteiger partial charge in [-0.15, -0.1) is 0 Å². The molecule has 19 heavy (non-hydrogen) atoms. The predicted molar refractivity (Wildman–Crippen MR) is 66.4 cm³/mol. The maximum atomic E-state index is 12.9. The van der Waals surface area contributed by atoms with Gasteiger partial charge in [0.05, 0.1) is 5.92 Å². The summed E-state index contributed by atoms with van der Waals surface area (Å²) < 4.78 is 18.0. The molecule has 0 saturated heterocycles. The Kier molecular flexibility index (Phi) is 2.77. The highest BCUT2D eigenvalue weighted by Crippen LogP contribution is 2.43. The summed E-state index contributed by atoms with van der Waals surface area (Å²) in [6.07, 6.45) is 0.206. The molecular weight excluding hydrogens is 249 g/mol. The first-order chi connectivity index (χ1) is 9.19. The fourth-order valence-electron chi connectivity index (χ4n) is 1.90. The van der Waals surface area contributed by atoms with Crippen LogP contribution < -0.4 is 5.32 Å². The Balaban J connectivity index is 1.91. The van der Waals surface area contributed by atoms with Crippen LogP contribution in [0.2, 0.25) is 0 Å². The zero-order valence-electron chi connectivity index (χ0n) is 10.3. The number of anilines is 1. The minimum atomic E-state index is -0.862. The van der Waals surface area contributed by atoms with Gasteiger partial charge in [-0.1, -0.05) is 17.3 Å². The number of benzene rings is 1. The number of amides is 1.